The molecule has 0 bridgehead atoms. The third-order valence-corrected chi connectivity index (χ3v) is 2.68. The molecule has 1 N–H and O–H groups in total. The van der Waals surface area contributed by atoms with Crippen LogP contribution < -0.4 is 0 Å². The topological polar surface area (TPSA) is 80.5 Å². The van der Waals surface area contributed by atoms with Crippen LogP contribution in [0.4, 0.5) is 4.79 Å². The maximum absolute atomic E-state index is 11.7. The third kappa shape index (κ3) is 2.31. The molecule has 18 heavy (non-hydrogen) atoms. The molecule has 0 unspecified atom stereocenters. The average Bonchev–Trinajstić information content (AvgIpc) is 2.57. The minimum atomic E-state index is -1.12. The second kappa shape index (κ2) is 3.94. The van der Waals surface area contributed by atoms with E-state index in [1.165, 1.54) is 15.9 Å². The summed E-state index contributed by atoms with van der Waals surface area (Å²) in [5.74, 6) is 0.460. The number of aliphatic hydroxyl groups is 1. The van der Waals surface area contributed by atoms with E-state index in [2.05, 4.69) is 10.1 Å². The standard InChI is InChI=1S/C11H18N4O3/c1-10(2,3)18-9(16)15-5-11(17,6-15)8-12-7-13-14(8)4/h7,17H,5-6H2,1-4H3. The number of likely N-dealkylation sites (tertiary alicyclic amines) is 1. The molecule has 0 spiro atoms. The third-order valence-electron chi connectivity index (χ3n) is 2.68. The van der Waals surface area contributed by atoms with Crippen molar-refractivity contribution in [2.75, 3.05) is 13.1 Å². The largest absolute Gasteiger partial charge is 0.444 e. The van der Waals surface area contributed by atoms with E-state index in [9.17, 15) is 9.90 Å². The molecule has 2 rings (SSSR count). The van der Waals surface area contributed by atoms with E-state index in [1.807, 2.05) is 0 Å². The van der Waals surface area contributed by atoms with Gasteiger partial charge in [-0.25, -0.2) is 9.78 Å². The molecule has 1 saturated heterocycles. The summed E-state index contributed by atoms with van der Waals surface area (Å²) < 4.78 is 6.72. The molecule has 1 aliphatic heterocycles. The molecule has 100 valence electrons. The fourth-order valence-electron chi connectivity index (χ4n) is 1.90. The van der Waals surface area contributed by atoms with Gasteiger partial charge in [-0.15, -0.1) is 0 Å². The predicted octanol–water partition coefficient (Wildman–Crippen LogP) is 0.253. The Morgan fingerprint density at radius 2 is 2.11 bits per heavy atom. The van der Waals surface area contributed by atoms with Crippen molar-refractivity contribution in [1.82, 2.24) is 19.7 Å². The highest BCUT2D eigenvalue weighted by molar-refractivity contribution is 5.69. The highest BCUT2D eigenvalue weighted by Crippen LogP contribution is 2.31. The van der Waals surface area contributed by atoms with Crippen molar-refractivity contribution in [3.05, 3.63) is 12.2 Å². The summed E-state index contributed by atoms with van der Waals surface area (Å²) in [7, 11) is 1.70. The molecule has 1 aromatic heterocycles. The Bertz CT molecular complexity index is 457. The monoisotopic (exact) mass is 254 g/mol. The lowest BCUT2D eigenvalue weighted by molar-refractivity contribution is -0.110. The summed E-state index contributed by atoms with van der Waals surface area (Å²) in [6.45, 7) is 5.77. The van der Waals surface area contributed by atoms with Crippen molar-refractivity contribution in [3.8, 4) is 0 Å². The normalized spacial score (nSPS) is 18.4. The molecule has 2 heterocycles. The highest BCUT2D eigenvalue weighted by Gasteiger charge is 2.49. The number of carbonyl (C=O) groups is 1. The summed E-state index contributed by atoms with van der Waals surface area (Å²) in [6.07, 6.45) is 0.957. The van der Waals surface area contributed by atoms with Crippen molar-refractivity contribution < 1.29 is 14.6 Å². The number of carbonyl (C=O) groups excluding carboxylic acids is 1. The first-order valence-corrected chi connectivity index (χ1v) is 5.76. The Morgan fingerprint density at radius 1 is 1.50 bits per heavy atom. The van der Waals surface area contributed by atoms with E-state index in [-0.39, 0.29) is 13.1 Å². The quantitative estimate of drug-likeness (QED) is 0.777. The van der Waals surface area contributed by atoms with Gasteiger partial charge in [-0.1, -0.05) is 0 Å². The van der Waals surface area contributed by atoms with Crippen LogP contribution in [0.5, 0.6) is 0 Å². The van der Waals surface area contributed by atoms with Gasteiger partial charge in [-0.3, -0.25) is 4.68 Å². The number of nitrogens with zero attached hydrogens (tertiary/aromatic N) is 4. The summed E-state index contributed by atoms with van der Waals surface area (Å²) in [5.41, 5.74) is -1.66. The SMILES string of the molecule is Cn1ncnc1C1(O)CN(C(=O)OC(C)(C)C)C1. The number of aromatic nitrogens is 3. The van der Waals surface area contributed by atoms with Crippen molar-refractivity contribution >= 4 is 6.09 Å². The van der Waals surface area contributed by atoms with E-state index in [0.717, 1.165) is 0 Å². The van der Waals surface area contributed by atoms with Crippen molar-refractivity contribution in [2.24, 2.45) is 7.05 Å². The summed E-state index contributed by atoms with van der Waals surface area (Å²) in [4.78, 5) is 17.2. The molecule has 1 fully saturated rings. The Hall–Kier alpha value is -1.63. The van der Waals surface area contributed by atoms with Crippen LogP contribution in [0.3, 0.4) is 0 Å². The molecular formula is C11H18N4O3. The molecule has 7 heteroatoms. The predicted molar refractivity (Wildman–Crippen MR) is 62.7 cm³/mol. The molecule has 0 radical (unpaired) electrons. The van der Waals surface area contributed by atoms with E-state index in [4.69, 9.17) is 4.74 Å². The molecule has 7 nitrogen and oxygen atoms in total. The number of hydrogen-bond donors (Lipinski definition) is 1. The fourth-order valence-corrected chi connectivity index (χ4v) is 1.90. The van der Waals surface area contributed by atoms with Crippen LogP contribution in [0.1, 0.15) is 26.6 Å². The minimum Gasteiger partial charge on any atom is -0.444 e. The Morgan fingerprint density at radius 3 is 2.56 bits per heavy atom. The number of aryl methyl sites for hydroxylation is 1. The van der Waals surface area contributed by atoms with Crippen LogP contribution >= 0.6 is 0 Å². The first-order chi connectivity index (χ1) is 8.21. The molecule has 1 aromatic rings. The van der Waals surface area contributed by atoms with E-state index in [1.54, 1.807) is 27.8 Å². The first-order valence-electron chi connectivity index (χ1n) is 5.76. The van der Waals surface area contributed by atoms with Gasteiger partial charge in [0.2, 0.25) is 0 Å². The number of β-amino-alcohol motifs (C(OH)–C–C–N with tert-alkyl or cyclic N) is 1. The van der Waals surface area contributed by atoms with Gasteiger partial charge in [0.25, 0.3) is 0 Å². The Labute approximate surface area is 105 Å². The molecular weight excluding hydrogens is 236 g/mol. The van der Waals surface area contributed by atoms with E-state index >= 15 is 0 Å². The molecule has 0 aromatic carbocycles. The maximum Gasteiger partial charge on any atom is 0.410 e. The van der Waals surface area contributed by atoms with Crippen LogP contribution in [0, 0.1) is 0 Å². The lowest BCUT2D eigenvalue weighted by atomic mass is 9.94. The lowest BCUT2D eigenvalue weighted by Gasteiger charge is -2.45. The van der Waals surface area contributed by atoms with Gasteiger partial charge < -0.3 is 14.7 Å². The summed E-state index contributed by atoms with van der Waals surface area (Å²) in [6, 6.07) is 0. The molecule has 0 saturated carbocycles. The lowest BCUT2D eigenvalue weighted by Crippen LogP contribution is -2.62. The van der Waals surface area contributed by atoms with Crippen LogP contribution in [-0.2, 0) is 17.4 Å². The van der Waals surface area contributed by atoms with Crippen LogP contribution in [-0.4, -0.2) is 49.6 Å². The molecule has 1 aliphatic rings. The van der Waals surface area contributed by atoms with Crippen LogP contribution in [0.25, 0.3) is 0 Å². The highest BCUT2D eigenvalue weighted by atomic mass is 16.6. The minimum absolute atomic E-state index is 0.175. The second-order valence-corrected chi connectivity index (χ2v) is 5.58. The van der Waals surface area contributed by atoms with Crippen molar-refractivity contribution in [1.29, 1.82) is 0 Å². The van der Waals surface area contributed by atoms with Gasteiger partial charge in [-0.2, -0.15) is 5.10 Å². The van der Waals surface area contributed by atoms with Gasteiger partial charge in [0, 0.05) is 7.05 Å². The number of amides is 1. The first kappa shape index (κ1) is 12.8. The van der Waals surface area contributed by atoms with Gasteiger partial charge in [0.05, 0.1) is 13.1 Å². The zero-order valence-electron chi connectivity index (χ0n) is 11.0. The smallest absolute Gasteiger partial charge is 0.410 e. The van der Waals surface area contributed by atoms with Gasteiger partial charge in [0.15, 0.2) is 11.4 Å². The Kier molecular flexibility index (Phi) is 2.81. The molecule has 0 aliphatic carbocycles. The fraction of sp³-hybridized carbons (Fsp3) is 0.727. The van der Waals surface area contributed by atoms with Crippen LogP contribution in [0.2, 0.25) is 0 Å². The average molecular weight is 254 g/mol. The maximum atomic E-state index is 11.7. The summed E-state index contributed by atoms with van der Waals surface area (Å²) >= 11 is 0. The van der Waals surface area contributed by atoms with Crippen molar-refractivity contribution in [2.45, 2.75) is 32.0 Å². The zero-order chi connectivity index (χ0) is 13.6. The van der Waals surface area contributed by atoms with Gasteiger partial charge >= 0.3 is 6.09 Å². The van der Waals surface area contributed by atoms with Gasteiger partial charge in [-0.05, 0) is 20.8 Å². The van der Waals surface area contributed by atoms with Crippen LogP contribution in [0.15, 0.2) is 6.33 Å². The molecule has 1 amide bonds. The number of hydrogen-bond acceptors (Lipinski definition) is 5. The van der Waals surface area contributed by atoms with E-state index in [0.29, 0.717) is 5.82 Å². The Balaban J connectivity index is 1.98. The second-order valence-electron chi connectivity index (χ2n) is 5.58. The number of ether oxygens (including phenoxy) is 1. The van der Waals surface area contributed by atoms with E-state index < -0.39 is 17.3 Å². The molecule has 0 atom stereocenters. The van der Waals surface area contributed by atoms with Gasteiger partial charge in [0.1, 0.15) is 11.9 Å². The number of rotatable bonds is 1. The zero-order valence-corrected chi connectivity index (χ0v) is 11.0. The van der Waals surface area contributed by atoms with Crippen molar-refractivity contribution in [3.63, 3.8) is 0 Å². The summed E-state index contributed by atoms with van der Waals surface area (Å²) in [5, 5.41) is 14.2.